The van der Waals surface area contributed by atoms with Gasteiger partial charge in [0.05, 0.1) is 10.8 Å². The number of rotatable bonds is 5. The highest BCUT2D eigenvalue weighted by atomic mass is 32.2. The van der Waals surface area contributed by atoms with E-state index in [-0.39, 0.29) is 5.91 Å². The molecule has 1 saturated heterocycles. The lowest BCUT2D eigenvalue weighted by atomic mass is 10.2. The normalized spacial score (nSPS) is 15.2. The highest BCUT2D eigenvalue weighted by molar-refractivity contribution is 8.19. The number of thioether (sulfide) groups is 2. The Bertz CT molecular complexity index is 592. The average Bonchev–Trinajstić information content (AvgIpc) is 3.19. The molecule has 1 aromatic carbocycles. The predicted molar refractivity (Wildman–Crippen MR) is 89.8 cm³/mol. The van der Waals surface area contributed by atoms with Gasteiger partial charge in [-0.3, -0.25) is 4.79 Å². The largest absolute Gasteiger partial charge is 0.469 e. The molecule has 0 radical (unpaired) electrons. The summed E-state index contributed by atoms with van der Waals surface area (Å²) in [6.45, 7) is 0. The molecule has 1 N–H and O–H groups in total. The van der Waals surface area contributed by atoms with E-state index in [0.29, 0.717) is 17.4 Å². The molecule has 2 aromatic rings. The molecule has 1 fully saturated rings. The lowest BCUT2D eigenvalue weighted by Gasteiger charge is -2.11. The van der Waals surface area contributed by atoms with Crippen molar-refractivity contribution in [2.75, 3.05) is 16.8 Å². The Balaban J connectivity index is 1.56. The molecule has 0 saturated carbocycles. The first-order valence-electron chi connectivity index (χ1n) is 6.97. The zero-order valence-corrected chi connectivity index (χ0v) is 13.2. The third-order valence-electron chi connectivity index (χ3n) is 3.24. The Kier molecular flexibility index (Phi) is 4.93. The van der Waals surface area contributed by atoms with Gasteiger partial charge in [0.15, 0.2) is 0 Å². The van der Waals surface area contributed by atoms with Crippen LogP contribution in [0, 0.1) is 0 Å². The van der Waals surface area contributed by atoms with Gasteiger partial charge in [0, 0.05) is 30.0 Å². The summed E-state index contributed by atoms with van der Waals surface area (Å²) < 4.78 is 5.74. The number of carbonyl (C=O) groups excluding carboxylic acids is 1. The first-order valence-corrected chi connectivity index (χ1v) is 9.06. The van der Waals surface area contributed by atoms with Crippen molar-refractivity contribution in [1.82, 2.24) is 0 Å². The molecule has 0 bridgehead atoms. The van der Waals surface area contributed by atoms with Crippen LogP contribution < -0.4 is 5.32 Å². The van der Waals surface area contributed by atoms with Crippen LogP contribution in [0.15, 0.2) is 47.1 Å². The van der Waals surface area contributed by atoms with Crippen molar-refractivity contribution in [1.29, 1.82) is 0 Å². The van der Waals surface area contributed by atoms with Crippen molar-refractivity contribution in [3.8, 4) is 0 Å². The average molecular weight is 319 g/mol. The van der Waals surface area contributed by atoms with Crippen LogP contribution >= 0.6 is 23.5 Å². The topological polar surface area (TPSA) is 42.2 Å². The first kappa shape index (κ1) is 14.6. The summed E-state index contributed by atoms with van der Waals surface area (Å²) >= 11 is 3.94. The summed E-state index contributed by atoms with van der Waals surface area (Å²) in [7, 11) is 0. The van der Waals surface area contributed by atoms with Crippen LogP contribution in [0.4, 0.5) is 5.69 Å². The van der Waals surface area contributed by atoms with Crippen molar-refractivity contribution in [2.45, 2.75) is 17.4 Å². The SMILES string of the molecule is O=C(CCc1ccco1)Nc1cccc(C2SCCS2)c1. The molecule has 0 aliphatic carbocycles. The summed E-state index contributed by atoms with van der Waals surface area (Å²) in [5, 5.41) is 2.97. The molecule has 110 valence electrons. The molecular weight excluding hydrogens is 302 g/mol. The van der Waals surface area contributed by atoms with Crippen LogP contribution in [0.25, 0.3) is 0 Å². The maximum absolute atomic E-state index is 12.0. The Morgan fingerprint density at radius 1 is 1.24 bits per heavy atom. The number of carbonyl (C=O) groups is 1. The van der Waals surface area contributed by atoms with Crippen LogP contribution in [0.5, 0.6) is 0 Å². The molecule has 0 unspecified atom stereocenters. The number of amides is 1. The number of aryl methyl sites for hydroxylation is 1. The van der Waals surface area contributed by atoms with Gasteiger partial charge in [-0.1, -0.05) is 12.1 Å². The Morgan fingerprint density at radius 3 is 2.86 bits per heavy atom. The second-order valence-corrected chi connectivity index (χ2v) is 7.55. The van der Waals surface area contributed by atoms with Crippen molar-refractivity contribution >= 4 is 35.1 Å². The fourth-order valence-electron chi connectivity index (χ4n) is 2.23. The molecular formula is C16H17NO2S2. The summed E-state index contributed by atoms with van der Waals surface area (Å²) in [5.74, 6) is 3.28. The van der Waals surface area contributed by atoms with E-state index in [2.05, 4.69) is 17.4 Å². The van der Waals surface area contributed by atoms with E-state index >= 15 is 0 Å². The van der Waals surface area contributed by atoms with Crippen molar-refractivity contribution in [3.63, 3.8) is 0 Å². The van der Waals surface area contributed by atoms with E-state index in [9.17, 15) is 4.79 Å². The van der Waals surface area contributed by atoms with Crippen molar-refractivity contribution in [3.05, 3.63) is 54.0 Å². The number of anilines is 1. The van der Waals surface area contributed by atoms with Crippen LogP contribution in [0.2, 0.25) is 0 Å². The van der Waals surface area contributed by atoms with Crippen molar-refractivity contribution < 1.29 is 9.21 Å². The molecule has 0 spiro atoms. The van der Waals surface area contributed by atoms with Crippen LogP contribution in [-0.2, 0) is 11.2 Å². The second-order valence-electron chi connectivity index (χ2n) is 4.83. The number of hydrogen-bond acceptors (Lipinski definition) is 4. The molecule has 1 aromatic heterocycles. The second kappa shape index (κ2) is 7.09. The van der Waals surface area contributed by atoms with Crippen LogP contribution in [-0.4, -0.2) is 17.4 Å². The third-order valence-corrected chi connectivity index (χ3v) is 6.35. The zero-order chi connectivity index (χ0) is 14.5. The van der Waals surface area contributed by atoms with E-state index in [4.69, 9.17) is 4.42 Å². The van der Waals surface area contributed by atoms with Crippen LogP contribution in [0.1, 0.15) is 22.3 Å². The quantitative estimate of drug-likeness (QED) is 0.890. The molecule has 1 aliphatic heterocycles. The third kappa shape index (κ3) is 4.08. The molecule has 1 amide bonds. The lowest BCUT2D eigenvalue weighted by molar-refractivity contribution is -0.116. The molecule has 3 rings (SSSR count). The standard InChI is InChI=1S/C16H17NO2S2/c18-15(7-6-14-5-2-8-19-14)17-13-4-1-3-12(11-13)16-20-9-10-21-16/h1-5,8,11,16H,6-7,9-10H2,(H,17,18). The number of hydrogen-bond donors (Lipinski definition) is 1. The van der Waals surface area contributed by atoms with E-state index in [1.807, 2.05) is 47.8 Å². The predicted octanol–water partition coefficient (Wildman–Crippen LogP) is 4.33. The minimum atomic E-state index is 0.0234. The summed E-state index contributed by atoms with van der Waals surface area (Å²) in [5.41, 5.74) is 2.16. The van der Waals surface area contributed by atoms with Gasteiger partial charge in [-0.15, -0.1) is 23.5 Å². The van der Waals surface area contributed by atoms with Gasteiger partial charge in [-0.05, 0) is 29.8 Å². The smallest absolute Gasteiger partial charge is 0.224 e. The zero-order valence-electron chi connectivity index (χ0n) is 11.6. The summed E-state index contributed by atoms with van der Waals surface area (Å²) in [6, 6.07) is 11.9. The minimum absolute atomic E-state index is 0.0234. The van der Waals surface area contributed by atoms with Gasteiger partial charge in [0.1, 0.15) is 5.76 Å². The van der Waals surface area contributed by atoms with Gasteiger partial charge in [0.25, 0.3) is 0 Å². The molecule has 21 heavy (non-hydrogen) atoms. The van der Waals surface area contributed by atoms with E-state index < -0.39 is 0 Å². The molecule has 5 heteroatoms. The molecule has 3 nitrogen and oxygen atoms in total. The highest BCUT2D eigenvalue weighted by Crippen LogP contribution is 2.45. The fourth-order valence-corrected chi connectivity index (χ4v) is 5.07. The van der Waals surface area contributed by atoms with Crippen molar-refractivity contribution in [2.24, 2.45) is 0 Å². The van der Waals surface area contributed by atoms with Gasteiger partial charge in [-0.25, -0.2) is 0 Å². The number of furan rings is 1. The Labute approximate surface area is 132 Å². The monoisotopic (exact) mass is 319 g/mol. The Morgan fingerprint density at radius 2 is 2.10 bits per heavy atom. The minimum Gasteiger partial charge on any atom is -0.469 e. The Hall–Kier alpha value is -1.33. The highest BCUT2D eigenvalue weighted by Gasteiger charge is 2.18. The molecule has 0 atom stereocenters. The number of nitrogens with one attached hydrogen (secondary N) is 1. The maximum atomic E-state index is 12.0. The lowest BCUT2D eigenvalue weighted by Crippen LogP contribution is -2.12. The van der Waals surface area contributed by atoms with Gasteiger partial charge < -0.3 is 9.73 Å². The molecule has 1 aliphatic rings. The van der Waals surface area contributed by atoms with Gasteiger partial charge in [0.2, 0.25) is 5.91 Å². The van der Waals surface area contributed by atoms with Crippen LogP contribution in [0.3, 0.4) is 0 Å². The fraction of sp³-hybridized carbons (Fsp3) is 0.312. The van der Waals surface area contributed by atoms with E-state index in [0.717, 1.165) is 11.4 Å². The van der Waals surface area contributed by atoms with Gasteiger partial charge >= 0.3 is 0 Å². The van der Waals surface area contributed by atoms with E-state index in [1.54, 1.807) is 6.26 Å². The number of benzene rings is 1. The van der Waals surface area contributed by atoms with E-state index in [1.165, 1.54) is 17.1 Å². The first-order chi connectivity index (χ1) is 10.3. The summed E-state index contributed by atoms with van der Waals surface area (Å²) in [6.07, 6.45) is 2.70. The summed E-state index contributed by atoms with van der Waals surface area (Å²) in [4.78, 5) is 12.0. The maximum Gasteiger partial charge on any atom is 0.224 e. The molecule has 2 heterocycles. The van der Waals surface area contributed by atoms with Gasteiger partial charge in [-0.2, -0.15) is 0 Å².